The van der Waals surface area contributed by atoms with Crippen molar-refractivity contribution >= 4 is 21.6 Å². The van der Waals surface area contributed by atoms with Crippen LogP contribution in [0.4, 0.5) is 0 Å². The van der Waals surface area contributed by atoms with Gasteiger partial charge in [-0.2, -0.15) is 0 Å². The van der Waals surface area contributed by atoms with Crippen molar-refractivity contribution in [3.63, 3.8) is 0 Å². The Bertz CT molecular complexity index is 861. The highest BCUT2D eigenvalue weighted by Gasteiger charge is 2.41. The third-order valence-electron chi connectivity index (χ3n) is 5.67. The molecule has 126 valence electrons. The zero-order chi connectivity index (χ0) is 16.9. The summed E-state index contributed by atoms with van der Waals surface area (Å²) in [5.74, 6) is 1.31. The highest BCUT2D eigenvalue weighted by atomic mass is 35.5. The van der Waals surface area contributed by atoms with Crippen LogP contribution in [-0.2, 0) is 22.9 Å². The van der Waals surface area contributed by atoms with Crippen molar-refractivity contribution in [1.82, 2.24) is 0 Å². The number of hydrogen-bond acceptors (Lipinski definition) is 2. The molecule has 1 fully saturated rings. The molecule has 2 aromatic rings. The highest BCUT2D eigenvalue weighted by molar-refractivity contribution is 7.89. The van der Waals surface area contributed by atoms with E-state index in [0.717, 1.165) is 18.4 Å². The smallest absolute Gasteiger partial charge is 0.225 e. The van der Waals surface area contributed by atoms with Crippen LogP contribution in [0.15, 0.2) is 47.4 Å². The quantitative estimate of drug-likeness (QED) is 0.881. The molecular formula is C19H20ClNO2S. The summed E-state index contributed by atoms with van der Waals surface area (Å²) in [6.07, 6.45) is 4.40. The molecule has 2 atom stereocenters. The Labute approximate surface area is 147 Å². The van der Waals surface area contributed by atoms with Crippen LogP contribution in [0.1, 0.15) is 35.4 Å². The summed E-state index contributed by atoms with van der Waals surface area (Å²) >= 11 is 6.49. The third kappa shape index (κ3) is 2.67. The number of halogens is 1. The number of fused-ring (bicyclic) bond motifs is 3. The van der Waals surface area contributed by atoms with Crippen LogP contribution in [0.3, 0.4) is 0 Å². The summed E-state index contributed by atoms with van der Waals surface area (Å²) in [7, 11) is -3.80. The fraction of sp³-hybridized carbons (Fsp3) is 0.368. The average Bonchev–Trinajstić information content (AvgIpc) is 2.81. The standard InChI is InChI=1S/C19H20ClNO2S/c20-19-16(6-3-7-17(19)24(21,22)23)18-14-8-9-15(18)11-13-5-2-1-4-12(13)10-14/h1-7,14-15,18H,8-11H2,(H2,21,22,23). The van der Waals surface area contributed by atoms with Gasteiger partial charge in [-0.15, -0.1) is 0 Å². The first-order valence-electron chi connectivity index (χ1n) is 8.33. The molecule has 3 nitrogen and oxygen atoms in total. The fourth-order valence-corrected chi connectivity index (χ4v) is 5.87. The minimum Gasteiger partial charge on any atom is -0.225 e. The monoisotopic (exact) mass is 361 g/mol. The van der Waals surface area contributed by atoms with Crippen molar-refractivity contribution in [3.05, 3.63) is 64.2 Å². The lowest BCUT2D eigenvalue weighted by atomic mass is 9.82. The predicted octanol–water partition coefficient (Wildman–Crippen LogP) is 3.90. The molecule has 1 saturated carbocycles. The van der Waals surface area contributed by atoms with E-state index in [1.807, 2.05) is 6.07 Å². The number of primary sulfonamides is 1. The van der Waals surface area contributed by atoms with Crippen LogP contribution < -0.4 is 5.14 Å². The molecule has 0 saturated heterocycles. The van der Waals surface area contributed by atoms with Gasteiger partial charge in [-0.05, 0) is 66.2 Å². The minimum atomic E-state index is -3.80. The molecule has 2 unspecified atom stereocenters. The number of benzene rings is 2. The first-order chi connectivity index (χ1) is 11.4. The van der Waals surface area contributed by atoms with Crippen molar-refractivity contribution in [2.45, 2.75) is 36.5 Å². The number of hydrogen-bond donors (Lipinski definition) is 1. The Balaban J connectivity index is 1.79. The summed E-state index contributed by atoms with van der Waals surface area (Å²) in [5.41, 5.74) is 3.80. The van der Waals surface area contributed by atoms with Gasteiger partial charge in [0.25, 0.3) is 0 Å². The normalized spacial score (nSPS) is 26.0. The van der Waals surface area contributed by atoms with Crippen molar-refractivity contribution in [3.8, 4) is 0 Å². The van der Waals surface area contributed by atoms with Gasteiger partial charge in [0.2, 0.25) is 10.0 Å². The Morgan fingerprint density at radius 1 is 0.917 bits per heavy atom. The maximum Gasteiger partial charge on any atom is 0.239 e. The summed E-state index contributed by atoms with van der Waals surface area (Å²) in [4.78, 5) is 0.0443. The molecule has 0 aromatic heterocycles. The number of rotatable bonds is 2. The second-order valence-electron chi connectivity index (χ2n) is 7.00. The van der Waals surface area contributed by atoms with E-state index in [-0.39, 0.29) is 4.90 Å². The lowest BCUT2D eigenvalue weighted by Crippen LogP contribution is -2.17. The maximum atomic E-state index is 11.8. The average molecular weight is 362 g/mol. The van der Waals surface area contributed by atoms with Crippen LogP contribution in [0.2, 0.25) is 5.02 Å². The molecule has 2 aliphatic rings. The van der Waals surface area contributed by atoms with E-state index in [9.17, 15) is 8.42 Å². The molecule has 0 amide bonds. The van der Waals surface area contributed by atoms with Crippen LogP contribution in [0.25, 0.3) is 0 Å². The molecule has 4 rings (SSSR count). The minimum absolute atomic E-state index is 0.0443. The van der Waals surface area contributed by atoms with E-state index in [2.05, 4.69) is 24.3 Å². The summed E-state index contributed by atoms with van der Waals surface area (Å²) in [6, 6.07) is 13.9. The van der Waals surface area contributed by atoms with Crippen LogP contribution in [-0.4, -0.2) is 8.42 Å². The Kier molecular flexibility index (Phi) is 3.94. The van der Waals surface area contributed by atoms with Gasteiger partial charge in [-0.1, -0.05) is 48.0 Å². The molecule has 2 N–H and O–H groups in total. The van der Waals surface area contributed by atoms with Crippen LogP contribution in [0.5, 0.6) is 0 Å². The number of nitrogens with two attached hydrogens (primary N) is 1. The first kappa shape index (κ1) is 16.1. The zero-order valence-electron chi connectivity index (χ0n) is 13.3. The van der Waals surface area contributed by atoms with Gasteiger partial charge in [-0.3, -0.25) is 0 Å². The van der Waals surface area contributed by atoms with Gasteiger partial charge in [0, 0.05) is 0 Å². The molecule has 0 spiro atoms. The fourth-order valence-electron chi connectivity index (χ4n) is 4.66. The van der Waals surface area contributed by atoms with Gasteiger partial charge in [0.05, 0.1) is 5.02 Å². The first-order valence-corrected chi connectivity index (χ1v) is 10.3. The summed E-state index contributed by atoms with van der Waals surface area (Å²) in [5, 5.41) is 5.64. The molecule has 0 heterocycles. The Morgan fingerprint density at radius 2 is 1.50 bits per heavy atom. The summed E-state index contributed by atoms with van der Waals surface area (Å²) < 4.78 is 23.6. The van der Waals surface area contributed by atoms with Crippen molar-refractivity contribution in [1.29, 1.82) is 0 Å². The maximum absolute atomic E-state index is 11.8. The van der Waals surface area contributed by atoms with Gasteiger partial charge in [0.1, 0.15) is 4.90 Å². The lowest BCUT2D eigenvalue weighted by Gasteiger charge is -2.24. The Morgan fingerprint density at radius 3 is 2.04 bits per heavy atom. The van der Waals surface area contributed by atoms with E-state index >= 15 is 0 Å². The third-order valence-corrected chi connectivity index (χ3v) is 7.15. The van der Waals surface area contributed by atoms with Crippen molar-refractivity contribution < 1.29 is 8.42 Å². The van der Waals surface area contributed by atoms with Gasteiger partial charge in [-0.25, -0.2) is 13.6 Å². The van der Waals surface area contributed by atoms with Gasteiger partial charge >= 0.3 is 0 Å². The van der Waals surface area contributed by atoms with Gasteiger partial charge < -0.3 is 0 Å². The molecule has 2 aromatic carbocycles. The van der Waals surface area contributed by atoms with E-state index in [4.69, 9.17) is 16.7 Å². The second kappa shape index (κ2) is 5.87. The Hall–Kier alpha value is -1.36. The molecular weight excluding hydrogens is 342 g/mol. The molecule has 2 aliphatic carbocycles. The lowest BCUT2D eigenvalue weighted by molar-refractivity contribution is 0.423. The molecule has 24 heavy (non-hydrogen) atoms. The molecule has 5 heteroatoms. The topological polar surface area (TPSA) is 60.2 Å². The largest absolute Gasteiger partial charge is 0.239 e. The van der Waals surface area contributed by atoms with E-state index in [1.54, 1.807) is 6.07 Å². The van der Waals surface area contributed by atoms with Crippen molar-refractivity contribution in [2.75, 3.05) is 0 Å². The SMILES string of the molecule is NS(=O)(=O)c1cccc(C2C3CCC2Cc2ccccc2C3)c1Cl. The molecule has 2 bridgehead atoms. The van der Waals surface area contributed by atoms with Crippen LogP contribution >= 0.6 is 11.6 Å². The van der Waals surface area contributed by atoms with Crippen LogP contribution in [0, 0.1) is 11.8 Å². The highest BCUT2D eigenvalue weighted by Crippen LogP contribution is 2.51. The van der Waals surface area contributed by atoms with E-state index in [0.29, 0.717) is 22.8 Å². The van der Waals surface area contributed by atoms with E-state index in [1.165, 1.54) is 30.0 Å². The second-order valence-corrected chi connectivity index (χ2v) is 8.91. The number of sulfonamides is 1. The summed E-state index contributed by atoms with van der Waals surface area (Å²) in [6.45, 7) is 0. The molecule has 0 aliphatic heterocycles. The molecule has 0 radical (unpaired) electrons. The predicted molar refractivity (Wildman–Crippen MR) is 95.6 cm³/mol. The zero-order valence-corrected chi connectivity index (χ0v) is 14.9. The van der Waals surface area contributed by atoms with Crippen molar-refractivity contribution in [2.24, 2.45) is 17.0 Å². The van der Waals surface area contributed by atoms with E-state index < -0.39 is 10.0 Å². The van der Waals surface area contributed by atoms with Gasteiger partial charge in [0.15, 0.2) is 0 Å².